The van der Waals surface area contributed by atoms with Gasteiger partial charge in [-0.1, -0.05) is 12.1 Å². The highest BCUT2D eigenvalue weighted by molar-refractivity contribution is 5.70. The second-order valence-electron chi connectivity index (χ2n) is 3.01. The number of carbonyl (C=O) groups is 1. The van der Waals surface area contributed by atoms with Crippen LogP contribution in [-0.2, 0) is 4.79 Å². The SMILES string of the molecule is CC(=O)Oc1ccccc1-n1cccn1. The second kappa shape index (κ2) is 3.96. The van der Waals surface area contributed by atoms with Gasteiger partial charge in [0.25, 0.3) is 0 Å². The molecule has 0 fully saturated rings. The first-order valence-electron chi connectivity index (χ1n) is 4.55. The molecule has 0 saturated heterocycles. The summed E-state index contributed by atoms with van der Waals surface area (Å²) in [6, 6.07) is 9.06. The van der Waals surface area contributed by atoms with Crippen molar-refractivity contribution in [2.45, 2.75) is 6.92 Å². The number of carbonyl (C=O) groups excluding carboxylic acids is 1. The molecule has 0 radical (unpaired) electrons. The quantitative estimate of drug-likeness (QED) is 0.551. The maximum absolute atomic E-state index is 10.9. The van der Waals surface area contributed by atoms with E-state index in [1.54, 1.807) is 23.1 Å². The van der Waals surface area contributed by atoms with Gasteiger partial charge in [0.1, 0.15) is 5.69 Å². The molecule has 0 N–H and O–H groups in total. The normalized spacial score (nSPS) is 9.93. The van der Waals surface area contributed by atoms with Crippen LogP contribution in [0.15, 0.2) is 42.7 Å². The lowest BCUT2D eigenvalue weighted by Crippen LogP contribution is -2.05. The van der Waals surface area contributed by atoms with Crippen molar-refractivity contribution in [2.75, 3.05) is 0 Å². The average molecular weight is 202 g/mol. The third-order valence-corrected chi connectivity index (χ3v) is 1.87. The van der Waals surface area contributed by atoms with E-state index in [1.165, 1.54) is 6.92 Å². The van der Waals surface area contributed by atoms with Crippen molar-refractivity contribution in [1.29, 1.82) is 0 Å². The molecule has 76 valence electrons. The summed E-state index contributed by atoms with van der Waals surface area (Å²) < 4.78 is 6.72. The molecule has 0 aliphatic carbocycles. The highest BCUT2D eigenvalue weighted by Gasteiger charge is 2.06. The van der Waals surface area contributed by atoms with Gasteiger partial charge in [-0.05, 0) is 18.2 Å². The minimum atomic E-state index is -0.338. The molecule has 0 bridgehead atoms. The summed E-state index contributed by atoms with van der Waals surface area (Å²) in [7, 11) is 0. The monoisotopic (exact) mass is 202 g/mol. The fourth-order valence-electron chi connectivity index (χ4n) is 1.30. The molecule has 0 aliphatic rings. The maximum atomic E-state index is 10.9. The summed E-state index contributed by atoms with van der Waals surface area (Å²) in [6.07, 6.45) is 3.47. The van der Waals surface area contributed by atoms with Gasteiger partial charge in [-0.2, -0.15) is 5.10 Å². The van der Waals surface area contributed by atoms with E-state index < -0.39 is 0 Å². The molecule has 2 aromatic rings. The molecule has 2 rings (SSSR count). The number of benzene rings is 1. The van der Waals surface area contributed by atoms with Crippen molar-refractivity contribution in [3.05, 3.63) is 42.7 Å². The lowest BCUT2D eigenvalue weighted by molar-refractivity contribution is -0.131. The van der Waals surface area contributed by atoms with E-state index in [-0.39, 0.29) is 5.97 Å². The molecule has 4 nitrogen and oxygen atoms in total. The Morgan fingerprint density at radius 2 is 2.13 bits per heavy atom. The Bertz CT molecular complexity index is 463. The average Bonchev–Trinajstić information content (AvgIpc) is 2.70. The fourth-order valence-corrected chi connectivity index (χ4v) is 1.30. The number of para-hydroxylation sites is 2. The second-order valence-corrected chi connectivity index (χ2v) is 3.01. The Morgan fingerprint density at radius 1 is 1.33 bits per heavy atom. The first kappa shape index (κ1) is 9.45. The molecule has 0 spiro atoms. The van der Waals surface area contributed by atoms with E-state index in [9.17, 15) is 4.79 Å². The number of hydrogen-bond donors (Lipinski definition) is 0. The molecule has 0 unspecified atom stereocenters. The van der Waals surface area contributed by atoms with Crippen LogP contribution in [0.3, 0.4) is 0 Å². The molecular weight excluding hydrogens is 192 g/mol. The summed E-state index contributed by atoms with van der Waals surface area (Å²) in [5.41, 5.74) is 0.748. The number of esters is 1. The number of rotatable bonds is 2. The molecule has 1 heterocycles. The zero-order valence-electron chi connectivity index (χ0n) is 8.25. The van der Waals surface area contributed by atoms with Gasteiger partial charge in [-0.15, -0.1) is 0 Å². The lowest BCUT2D eigenvalue weighted by Gasteiger charge is -2.07. The van der Waals surface area contributed by atoms with Crippen LogP contribution in [0, 0.1) is 0 Å². The molecule has 0 amide bonds. The van der Waals surface area contributed by atoms with E-state index in [1.807, 2.05) is 24.3 Å². The number of ether oxygens (including phenoxy) is 1. The van der Waals surface area contributed by atoms with Crippen molar-refractivity contribution in [1.82, 2.24) is 9.78 Å². The van der Waals surface area contributed by atoms with Crippen molar-refractivity contribution < 1.29 is 9.53 Å². The predicted octanol–water partition coefficient (Wildman–Crippen LogP) is 1.80. The summed E-state index contributed by atoms with van der Waals surface area (Å²) in [6.45, 7) is 1.37. The minimum Gasteiger partial charge on any atom is -0.424 e. The molecule has 1 aromatic heterocycles. The highest BCUT2D eigenvalue weighted by atomic mass is 16.5. The fraction of sp³-hybridized carbons (Fsp3) is 0.0909. The van der Waals surface area contributed by atoms with E-state index in [2.05, 4.69) is 5.10 Å². The number of hydrogen-bond acceptors (Lipinski definition) is 3. The summed E-state index contributed by atoms with van der Waals surface area (Å²) in [5, 5.41) is 4.08. The number of nitrogens with zero attached hydrogens (tertiary/aromatic N) is 2. The van der Waals surface area contributed by atoms with Gasteiger partial charge < -0.3 is 4.74 Å². The van der Waals surface area contributed by atoms with Gasteiger partial charge in [-0.25, -0.2) is 4.68 Å². The number of aromatic nitrogens is 2. The van der Waals surface area contributed by atoms with E-state index in [0.717, 1.165) is 5.69 Å². The molecule has 0 aliphatic heterocycles. The molecule has 0 atom stereocenters. The molecule has 1 aromatic carbocycles. The van der Waals surface area contributed by atoms with Crippen molar-refractivity contribution >= 4 is 5.97 Å². The van der Waals surface area contributed by atoms with Gasteiger partial charge in [0.2, 0.25) is 0 Å². The Hall–Kier alpha value is -2.10. The van der Waals surface area contributed by atoms with Crippen LogP contribution in [-0.4, -0.2) is 15.7 Å². The Balaban J connectivity index is 2.42. The van der Waals surface area contributed by atoms with E-state index in [4.69, 9.17) is 4.74 Å². The largest absolute Gasteiger partial charge is 0.424 e. The van der Waals surface area contributed by atoms with Gasteiger partial charge in [-0.3, -0.25) is 4.79 Å². The van der Waals surface area contributed by atoms with E-state index >= 15 is 0 Å². The van der Waals surface area contributed by atoms with Crippen LogP contribution in [0.2, 0.25) is 0 Å². The van der Waals surface area contributed by atoms with Crippen molar-refractivity contribution in [3.8, 4) is 11.4 Å². The van der Waals surface area contributed by atoms with Crippen LogP contribution < -0.4 is 4.74 Å². The lowest BCUT2D eigenvalue weighted by atomic mass is 10.3. The van der Waals surface area contributed by atoms with Crippen molar-refractivity contribution in [3.63, 3.8) is 0 Å². The first-order valence-corrected chi connectivity index (χ1v) is 4.55. The van der Waals surface area contributed by atoms with Crippen LogP contribution in [0.1, 0.15) is 6.92 Å². The highest BCUT2D eigenvalue weighted by Crippen LogP contribution is 2.21. The van der Waals surface area contributed by atoms with Crippen LogP contribution in [0.4, 0.5) is 0 Å². The van der Waals surface area contributed by atoms with Gasteiger partial charge in [0.15, 0.2) is 5.75 Å². The van der Waals surface area contributed by atoms with Crippen molar-refractivity contribution in [2.24, 2.45) is 0 Å². The van der Waals surface area contributed by atoms with Gasteiger partial charge in [0.05, 0.1) is 0 Å². The summed E-state index contributed by atoms with van der Waals surface area (Å²) in [4.78, 5) is 10.9. The van der Waals surface area contributed by atoms with Crippen LogP contribution in [0.5, 0.6) is 5.75 Å². The Kier molecular flexibility index (Phi) is 2.49. The third-order valence-electron chi connectivity index (χ3n) is 1.87. The molecular formula is C11H10N2O2. The minimum absolute atomic E-state index is 0.338. The van der Waals surface area contributed by atoms with Gasteiger partial charge in [0, 0.05) is 19.3 Å². The van der Waals surface area contributed by atoms with Crippen LogP contribution in [0.25, 0.3) is 5.69 Å². The summed E-state index contributed by atoms with van der Waals surface area (Å²) in [5.74, 6) is 0.170. The first-order chi connectivity index (χ1) is 7.27. The smallest absolute Gasteiger partial charge is 0.308 e. The van der Waals surface area contributed by atoms with E-state index in [0.29, 0.717) is 5.75 Å². The summed E-state index contributed by atoms with van der Waals surface area (Å²) >= 11 is 0. The molecule has 4 heteroatoms. The van der Waals surface area contributed by atoms with Crippen LogP contribution >= 0.6 is 0 Å². The Morgan fingerprint density at radius 3 is 2.80 bits per heavy atom. The Labute approximate surface area is 87.1 Å². The zero-order chi connectivity index (χ0) is 10.7. The third kappa shape index (κ3) is 2.04. The topological polar surface area (TPSA) is 44.1 Å². The standard InChI is InChI=1S/C11H10N2O2/c1-9(14)15-11-6-3-2-5-10(11)13-8-4-7-12-13/h2-8H,1H3. The zero-order valence-corrected chi connectivity index (χ0v) is 8.25. The molecule has 15 heavy (non-hydrogen) atoms. The van der Waals surface area contributed by atoms with Gasteiger partial charge >= 0.3 is 5.97 Å². The predicted molar refractivity (Wildman–Crippen MR) is 54.9 cm³/mol. The maximum Gasteiger partial charge on any atom is 0.308 e. The molecule has 0 saturated carbocycles.